The van der Waals surface area contributed by atoms with Gasteiger partial charge in [-0.05, 0) is 47.0 Å². The number of H-pyrrole nitrogens is 1. The Balaban J connectivity index is 0.000000520. The molecule has 1 aromatic heterocycles. The number of benzene rings is 3. The zero-order valence-corrected chi connectivity index (χ0v) is 17.9. The number of rotatable bonds is 5. The molecule has 0 radical (unpaired) electrons. The zero-order valence-electron chi connectivity index (χ0n) is 17.2. The van der Waals surface area contributed by atoms with Crippen molar-refractivity contribution in [2.24, 2.45) is 11.7 Å². The first-order valence-corrected chi connectivity index (χ1v) is 10.6. The van der Waals surface area contributed by atoms with E-state index in [1.165, 1.54) is 12.8 Å². The number of nitrogens with two attached hydrogens (primary N) is 1. The lowest BCUT2D eigenvalue weighted by Crippen LogP contribution is -2.16. The molecule has 3 aromatic carbocycles. The number of carbonyl (C=O) groups excluding carboxylic acids is 2. The molecule has 6 heteroatoms. The molecule has 0 unspecified atom stereocenters. The number of hydrogen-bond acceptors (Lipinski definition) is 3. The monoisotopic (exact) mass is 434 g/mol. The van der Waals surface area contributed by atoms with Crippen molar-refractivity contribution in [2.45, 2.75) is 19.8 Å². The summed E-state index contributed by atoms with van der Waals surface area (Å²) >= 11 is 6.00. The summed E-state index contributed by atoms with van der Waals surface area (Å²) in [5, 5.41) is 2.99. The fourth-order valence-corrected chi connectivity index (χ4v) is 3.43. The van der Waals surface area contributed by atoms with Crippen LogP contribution in [0.15, 0.2) is 60.8 Å². The van der Waals surface area contributed by atoms with Crippen LogP contribution in [0.25, 0.3) is 21.7 Å². The van der Waals surface area contributed by atoms with Crippen LogP contribution in [-0.2, 0) is 0 Å². The Kier molecular flexibility index (Phi) is 5.96. The van der Waals surface area contributed by atoms with E-state index in [0.717, 1.165) is 27.6 Å². The summed E-state index contributed by atoms with van der Waals surface area (Å²) in [5.74, 6) is 0.524. The highest BCUT2D eigenvalue weighted by Gasteiger charge is 2.16. The van der Waals surface area contributed by atoms with Crippen LogP contribution >= 0.6 is 11.6 Å². The van der Waals surface area contributed by atoms with Crippen LogP contribution in [0, 0.1) is 5.92 Å². The van der Waals surface area contributed by atoms with Crippen molar-refractivity contribution in [3.8, 4) is 5.75 Å². The van der Waals surface area contributed by atoms with Crippen LogP contribution in [0.1, 0.15) is 40.5 Å². The fourth-order valence-electron chi connectivity index (χ4n) is 3.25. The second-order valence-corrected chi connectivity index (χ2v) is 8.28. The number of para-hydroxylation sites is 1. The number of ether oxygens (including phenoxy) is 1. The van der Waals surface area contributed by atoms with E-state index in [1.807, 2.05) is 30.3 Å². The maximum Gasteiger partial charge on any atom is 0.252 e. The molecule has 0 spiro atoms. The number of amides is 1. The minimum absolute atomic E-state index is 0.195. The Hall–Kier alpha value is -3.31. The van der Waals surface area contributed by atoms with Gasteiger partial charge in [0.25, 0.3) is 5.91 Å². The molecule has 5 nitrogen and oxygen atoms in total. The first-order chi connectivity index (χ1) is 14.9. The summed E-state index contributed by atoms with van der Waals surface area (Å²) in [6.07, 6.45) is 4.63. The summed E-state index contributed by atoms with van der Waals surface area (Å²) in [6, 6.07) is 16.1. The van der Waals surface area contributed by atoms with Gasteiger partial charge in [0.05, 0.1) is 5.56 Å². The topological polar surface area (TPSA) is 85.2 Å². The number of ketones is 1. The van der Waals surface area contributed by atoms with Gasteiger partial charge in [0.1, 0.15) is 5.75 Å². The maximum absolute atomic E-state index is 12.6. The van der Waals surface area contributed by atoms with Crippen molar-refractivity contribution >= 4 is 45.0 Å². The Morgan fingerprint density at radius 3 is 2.52 bits per heavy atom. The number of carbonyl (C=O) groups is 2. The molecule has 0 aliphatic heterocycles. The van der Waals surface area contributed by atoms with E-state index >= 15 is 0 Å². The third-order valence-electron chi connectivity index (χ3n) is 5.28. The molecule has 0 bridgehead atoms. The second kappa shape index (κ2) is 8.82. The largest absolute Gasteiger partial charge is 0.485 e. The summed E-state index contributed by atoms with van der Waals surface area (Å²) in [4.78, 5) is 27.5. The molecule has 4 aromatic rings. The van der Waals surface area contributed by atoms with Gasteiger partial charge in [0.15, 0.2) is 6.61 Å². The number of Topliss-reactive ketones (excluding diaryl/α,β-unsaturated/α-hetero) is 1. The standard InChI is InChI=1S/C21H15ClN2O3.C4H8/c22-14-6-5-12-9-20(16(21(23)26)8-13(12)7-14)27-11-19(25)17-10-24-18-4-2-1-3-15(17)18;1-4-2-3-4/h1-10,24H,11H2,(H2,23,26);4H,2-3H2,1H3. The van der Waals surface area contributed by atoms with E-state index in [1.54, 1.807) is 30.5 Å². The fraction of sp³-hybridized carbons (Fsp3) is 0.200. The number of fused-ring (bicyclic) bond motifs is 2. The van der Waals surface area contributed by atoms with Crippen LogP contribution < -0.4 is 10.5 Å². The Morgan fingerprint density at radius 1 is 1.06 bits per heavy atom. The van der Waals surface area contributed by atoms with Crippen LogP contribution in [0.3, 0.4) is 0 Å². The third kappa shape index (κ3) is 4.89. The lowest BCUT2D eigenvalue weighted by atomic mass is 10.1. The van der Waals surface area contributed by atoms with E-state index < -0.39 is 5.91 Å². The van der Waals surface area contributed by atoms with Crippen LogP contribution in [0.4, 0.5) is 0 Å². The molecule has 31 heavy (non-hydrogen) atoms. The van der Waals surface area contributed by atoms with Crippen molar-refractivity contribution in [1.29, 1.82) is 0 Å². The average molecular weight is 435 g/mol. The molecule has 0 atom stereocenters. The van der Waals surface area contributed by atoms with Crippen LogP contribution in [-0.4, -0.2) is 23.3 Å². The van der Waals surface area contributed by atoms with Gasteiger partial charge in [-0.3, -0.25) is 9.59 Å². The van der Waals surface area contributed by atoms with Crippen molar-refractivity contribution in [2.75, 3.05) is 6.61 Å². The SMILES string of the molecule is CC1CC1.NC(=O)c1cc2cc(Cl)ccc2cc1OCC(=O)c1c[nH]c2ccccc12. The van der Waals surface area contributed by atoms with Gasteiger partial charge in [-0.15, -0.1) is 0 Å². The average Bonchev–Trinajstić information content (AvgIpc) is 3.42. The molecule has 1 amide bonds. The Bertz CT molecular complexity index is 1270. The van der Waals surface area contributed by atoms with Gasteiger partial charge in [-0.1, -0.05) is 55.6 Å². The molecule has 158 valence electrons. The lowest BCUT2D eigenvalue weighted by molar-refractivity contribution is 0.0914. The van der Waals surface area contributed by atoms with Crippen molar-refractivity contribution in [3.05, 3.63) is 76.9 Å². The second-order valence-electron chi connectivity index (χ2n) is 7.85. The highest BCUT2D eigenvalue weighted by Crippen LogP contribution is 2.29. The minimum atomic E-state index is -0.633. The van der Waals surface area contributed by atoms with Gasteiger partial charge < -0.3 is 15.5 Å². The molecule has 0 saturated heterocycles. The molecule has 1 aliphatic carbocycles. The molecule has 1 fully saturated rings. The highest BCUT2D eigenvalue weighted by atomic mass is 35.5. The number of aromatic amines is 1. The third-order valence-corrected chi connectivity index (χ3v) is 5.52. The molecular formula is C25H23ClN2O3. The smallest absolute Gasteiger partial charge is 0.252 e. The number of aromatic nitrogens is 1. The summed E-state index contributed by atoms with van der Waals surface area (Å²) < 4.78 is 5.67. The predicted octanol–water partition coefficient (Wildman–Crippen LogP) is 5.75. The molecule has 1 heterocycles. The Labute approximate surface area is 185 Å². The summed E-state index contributed by atoms with van der Waals surface area (Å²) in [7, 11) is 0. The minimum Gasteiger partial charge on any atom is -0.485 e. The van der Waals surface area contributed by atoms with Crippen LogP contribution in [0.5, 0.6) is 5.75 Å². The number of nitrogens with one attached hydrogen (secondary N) is 1. The molecule has 5 rings (SSSR count). The predicted molar refractivity (Wildman–Crippen MR) is 124 cm³/mol. The summed E-state index contributed by atoms with van der Waals surface area (Å²) in [5.41, 5.74) is 7.10. The molecule has 1 aliphatic rings. The normalized spacial score (nSPS) is 13.0. The van der Waals surface area contributed by atoms with Gasteiger partial charge in [-0.25, -0.2) is 0 Å². The van der Waals surface area contributed by atoms with Gasteiger partial charge >= 0.3 is 0 Å². The number of hydrogen-bond donors (Lipinski definition) is 2. The molecule has 1 saturated carbocycles. The first kappa shape index (κ1) is 20.9. The van der Waals surface area contributed by atoms with Crippen LogP contribution in [0.2, 0.25) is 5.02 Å². The van der Waals surface area contributed by atoms with Gasteiger partial charge in [0.2, 0.25) is 5.78 Å². The van der Waals surface area contributed by atoms with E-state index in [0.29, 0.717) is 10.6 Å². The van der Waals surface area contributed by atoms with Gasteiger partial charge in [0, 0.05) is 27.7 Å². The number of primary amides is 1. The first-order valence-electron chi connectivity index (χ1n) is 10.2. The number of halogens is 1. The highest BCUT2D eigenvalue weighted by molar-refractivity contribution is 6.31. The van der Waals surface area contributed by atoms with Crippen molar-refractivity contribution in [3.63, 3.8) is 0 Å². The van der Waals surface area contributed by atoms with Crippen molar-refractivity contribution < 1.29 is 14.3 Å². The Morgan fingerprint density at radius 2 is 1.81 bits per heavy atom. The molecular weight excluding hydrogens is 412 g/mol. The van der Waals surface area contributed by atoms with E-state index in [2.05, 4.69) is 11.9 Å². The lowest BCUT2D eigenvalue weighted by Gasteiger charge is -2.11. The van der Waals surface area contributed by atoms with E-state index in [-0.39, 0.29) is 23.7 Å². The van der Waals surface area contributed by atoms with E-state index in [9.17, 15) is 9.59 Å². The van der Waals surface area contributed by atoms with Crippen molar-refractivity contribution in [1.82, 2.24) is 4.98 Å². The zero-order chi connectivity index (χ0) is 22.0. The van der Waals surface area contributed by atoms with E-state index in [4.69, 9.17) is 22.1 Å². The maximum atomic E-state index is 12.6. The quantitative estimate of drug-likeness (QED) is 0.392. The summed E-state index contributed by atoms with van der Waals surface area (Å²) in [6.45, 7) is 2.07. The molecule has 3 N–H and O–H groups in total. The van der Waals surface area contributed by atoms with Gasteiger partial charge in [-0.2, -0.15) is 0 Å².